The van der Waals surface area contributed by atoms with Gasteiger partial charge in [-0.05, 0) is 56.4 Å². The maximum Gasteiger partial charge on any atom is 0.259 e. The predicted molar refractivity (Wildman–Crippen MR) is 141 cm³/mol. The number of unbranched alkanes of at least 4 members (excludes halogenated alkanes) is 1. The molecule has 0 saturated heterocycles. The van der Waals surface area contributed by atoms with Gasteiger partial charge in [0.2, 0.25) is 5.91 Å². The van der Waals surface area contributed by atoms with Crippen molar-refractivity contribution in [2.24, 2.45) is 0 Å². The first kappa shape index (κ1) is 30.2. The van der Waals surface area contributed by atoms with Crippen LogP contribution in [0.4, 0.5) is 17.6 Å². The SMILES string of the molecule is [B]c1cc(F)c(C(=O)N[C@@H](CCCCN(C)C(=O)c2c(F)cc([B])cc2F)C(=O)NC2CCCCC2)c(F)c1. The number of amides is 3. The normalized spacial score (nSPS) is 14.5. The van der Waals surface area contributed by atoms with Gasteiger partial charge in [0.1, 0.15) is 56.1 Å². The van der Waals surface area contributed by atoms with Crippen molar-refractivity contribution in [1.82, 2.24) is 15.5 Å². The quantitative estimate of drug-likeness (QED) is 0.276. The predicted octanol–water partition coefficient (Wildman–Crippen LogP) is 2.32. The smallest absolute Gasteiger partial charge is 0.259 e. The number of carbonyl (C=O) groups is 3. The van der Waals surface area contributed by atoms with Gasteiger partial charge in [-0.15, -0.1) is 0 Å². The molecule has 0 aliphatic heterocycles. The second-order valence-corrected chi connectivity index (χ2v) is 9.81. The number of nitrogens with one attached hydrogen (secondary N) is 2. The van der Waals surface area contributed by atoms with Crippen molar-refractivity contribution in [3.8, 4) is 0 Å². The molecule has 4 radical (unpaired) electrons. The second-order valence-electron chi connectivity index (χ2n) is 9.81. The van der Waals surface area contributed by atoms with Crippen LogP contribution in [0.5, 0.6) is 0 Å². The molecule has 2 aromatic carbocycles. The fourth-order valence-corrected chi connectivity index (χ4v) is 4.64. The van der Waals surface area contributed by atoms with Crippen LogP contribution in [0.15, 0.2) is 24.3 Å². The highest BCUT2D eigenvalue weighted by atomic mass is 19.1. The molecule has 39 heavy (non-hydrogen) atoms. The zero-order chi connectivity index (χ0) is 28.7. The summed E-state index contributed by atoms with van der Waals surface area (Å²) in [7, 11) is 12.2. The fourth-order valence-electron chi connectivity index (χ4n) is 4.64. The second kappa shape index (κ2) is 13.7. The molecule has 3 amide bonds. The van der Waals surface area contributed by atoms with E-state index in [4.69, 9.17) is 15.7 Å². The van der Waals surface area contributed by atoms with Crippen LogP contribution in [0.25, 0.3) is 0 Å². The molecule has 1 aliphatic rings. The Hall–Kier alpha value is -3.30. The molecule has 204 valence electrons. The maximum atomic E-state index is 14.3. The molecule has 12 heteroatoms. The number of hydrogen-bond donors (Lipinski definition) is 2. The molecule has 0 unspecified atom stereocenters. The Morgan fingerprint density at radius 1 is 0.872 bits per heavy atom. The molecule has 2 N–H and O–H groups in total. The van der Waals surface area contributed by atoms with Gasteiger partial charge >= 0.3 is 0 Å². The van der Waals surface area contributed by atoms with Crippen molar-refractivity contribution in [2.75, 3.05) is 13.6 Å². The lowest BCUT2D eigenvalue weighted by Crippen LogP contribution is -2.50. The molecule has 0 bridgehead atoms. The van der Waals surface area contributed by atoms with Crippen molar-refractivity contribution < 1.29 is 31.9 Å². The van der Waals surface area contributed by atoms with Gasteiger partial charge in [0, 0.05) is 19.6 Å². The maximum absolute atomic E-state index is 14.3. The van der Waals surface area contributed by atoms with Crippen molar-refractivity contribution in [3.63, 3.8) is 0 Å². The number of benzene rings is 2. The van der Waals surface area contributed by atoms with Crippen LogP contribution < -0.4 is 21.6 Å². The van der Waals surface area contributed by atoms with Gasteiger partial charge in [-0.2, -0.15) is 0 Å². The topological polar surface area (TPSA) is 78.5 Å². The standard InChI is InChI=1S/C27H29B2F4N3O3/c1-36(27(39)24-20(32)13-16(29)14-21(24)33)10-6-5-9-22(25(37)34-17-7-3-2-4-8-17)35-26(38)23-18(30)11-15(28)12-19(23)31/h11-14,17,22H,2-10H2,1H3,(H,34,37)(H,35,38)/t22-/m0/s1. The van der Waals surface area contributed by atoms with Crippen molar-refractivity contribution in [3.05, 3.63) is 58.7 Å². The average Bonchev–Trinajstić information content (AvgIpc) is 2.84. The van der Waals surface area contributed by atoms with E-state index in [1.807, 2.05) is 0 Å². The number of rotatable bonds is 10. The van der Waals surface area contributed by atoms with E-state index in [0.717, 1.165) is 61.3 Å². The molecular weight excluding hydrogens is 512 g/mol. The van der Waals surface area contributed by atoms with E-state index in [0.29, 0.717) is 12.8 Å². The van der Waals surface area contributed by atoms with Crippen LogP contribution in [-0.2, 0) is 4.79 Å². The lowest BCUT2D eigenvalue weighted by atomic mass is 9.94. The summed E-state index contributed by atoms with van der Waals surface area (Å²) >= 11 is 0. The highest BCUT2D eigenvalue weighted by molar-refractivity contribution is 6.32. The van der Waals surface area contributed by atoms with Gasteiger partial charge in [0.15, 0.2) is 0 Å². The van der Waals surface area contributed by atoms with E-state index in [1.54, 1.807) is 0 Å². The molecule has 1 atom stereocenters. The van der Waals surface area contributed by atoms with Crippen LogP contribution in [0.3, 0.4) is 0 Å². The van der Waals surface area contributed by atoms with Crippen LogP contribution in [-0.4, -0.2) is 64.0 Å². The third kappa shape index (κ3) is 8.10. The summed E-state index contributed by atoms with van der Waals surface area (Å²) in [5.41, 5.74) is -1.91. The van der Waals surface area contributed by atoms with E-state index >= 15 is 0 Å². The van der Waals surface area contributed by atoms with Crippen LogP contribution >= 0.6 is 0 Å². The molecular formula is C27H29B2F4N3O3. The number of hydrogen-bond acceptors (Lipinski definition) is 3. The first-order valence-electron chi connectivity index (χ1n) is 12.8. The van der Waals surface area contributed by atoms with Crippen LogP contribution in [0.1, 0.15) is 72.1 Å². The van der Waals surface area contributed by atoms with Gasteiger partial charge in [-0.1, -0.05) is 30.2 Å². The summed E-state index contributed by atoms with van der Waals surface area (Å²) in [6.07, 6.45) is 5.28. The molecule has 1 saturated carbocycles. The molecule has 2 aromatic rings. The summed E-state index contributed by atoms with van der Waals surface area (Å²) in [4.78, 5) is 39.5. The van der Waals surface area contributed by atoms with Crippen LogP contribution in [0.2, 0.25) is 0 Å². The Kier molecular flexibility index (Phi) is 10.6. The Bertz CT molecular complexity index is 1180. The molecule has 0 aromatic heterocycles. The average molecular weight is 541 g/mol. The first-order valence-corrected chi connectivity index (χ1v) is 12.8. The van der Waals surface area contributed by atoms with Gasteiger partial charge < -0.3 is 15.5 Å². The Morgan fingerprint density at radius 2 is 1.38 bits per heavy atom. The zero-order valence-electron chi connectivity index (χ0n) is 21.7. The third-order valence-electron chi connectivity index (χ3n) is 6.73. The minimum atomic E-state index is -1.15. The minimum absolute atomic E-state index is 0.0656. The number of halogens is 4. The number of nitrogens with zero attached hydrogens (tertiary/aromatic N) is 1. The molecule has 1 fully saturated rings. The highest BCUT2D eigenvalue weighted by Crippen LogP contribution is 2.19. The first-order chi connectivity index (χ1) is 18.5. The third-order valence-corrected chi connectivity index (χ3v) is 6.73. The van der Waals surface area contributed by atoms with Gasteiger partial charge in [0.25, 0.3) is 11.8 Å². The monoisotopic (exact) mass is 541 g/mol. The molecule has 1 aliphatic carbocycles. The van der Waals surface area contributed by atoms with E-state index in [1.165, 1.54) is 7.05 Å². The van der Waals surface area contributed by atoms with Crippen LogP contribution in [0, 0.1) is 23.3 Å². The zero-order valence-corrected chi connectivity index (χ0v) is 21.7. The summed E-state index contributed by atoms with van der Waals surface area (Å²) in [5, 5.41) is 5.32. The Labute approximate surface area is 227 Å². The summed E-state index contributed by atoms with van der Waals surface area (Å²) in [6, 6.07) is 2.17. The van der Waals surface area contributed by atoms with E-state index in [-0.39, 0.29) is 29.9 Å². The Balaban J connectivity index is 1.64. The van der Waals surface area contributed by atoms with E-state index in [2.05, 4.69) is 10.6 Å². The van der Waals surface area contributed by atoms with Crippen molar-refractivity contribution >= 4 is 44.3 Å². The fraction of sp³-hybridized carbons (Fsp3) is 0.444. The largest absolute Gasteiger partial charge is 0.352 e. The summed E-state index contributed by atoms with van der Waals surface area (Å²) in [5.74, 6) is -6.92. The van der Waals surface area contributed by atoms with E-state index < -0.39 is 58.2 Å². The highest BCUT2D eigenvalue weighted by Gasteiger charge is 2.27. The summed E-state index contributed by atoms with van der Waals surface area (Å²) in [6.45, 7) is 0.0915. The lowest BCUT2D eigenvalue weighted by Gasteiger charge is -2.26. The van der Waals surface area contributed by atoms with Crippen molar-refractivity contribution in [1.29, 1.82) is 0 Å². The molecule has 0 spiro atoms. The molecule has 3 rings (SSSR count). The lowest BCUT2D eigenvalue weighted by molar-refractivity contribution is -0.124. The van der Waals surface area contributed by atoms with Crippen molar-refractivity contribution in [2.45, 2.75) is 63.5 Å². The number of carbonyl (C=O) groups excluding carboxylic acids is 3. The molecule has 0 heterocycles. The Morgan fingerprint density at radius 3 is 1.92 bits per heavy atom. The van der Waals surface area contributed by atoms with Gasteiger partial charge in [0.05, 0.1) is 0 Å². The van der Waals surface area contributed by atoms with Gasteiger partial charge in [-0.3, -0.25) is 14.4 Å². The molecule has 6 nitrogen and oxygen atoms in total. The van der Waals surface area contributed by atoms with E-state index in [9.17, 15) is 31.9 Å². The van der Waals surface area contributed by atoms with Gasteiger partial charge in [-0.25, -0.2) is 17.6 Å². The minimum Gasteiger partial charge on any atom is -0.352 e. The summed E-state index contributed by atoms with van der Waals surface area (Å²) < 4.78 is 56.8.